The fourth-order valence-corrected chi connectivity index (χ4v) is 6.42. The van der Waals surface area contributed by atoms with Crippen LogP contribution in [0.5, 0.6) is 0 Å². The first-order valence-electron chi connectivity index (χ1n) is 11.1. The lowest BCUT2D eigenvalue weighted by Gasteiger charge is -2.09. The molecule has 194 valence electrons. The van der Waals surface area contributed by atoms with Crippen LogP contribution < -0.4 is 4.80 Å². The van der Waals surface area contributed by atoms with Crippen LogP contribution in [-0.2, 0) is 16.2 Å². The number of para-hydroxylation sites is 1. The van der Waals surface area contributed by atoms with Crippen molar-refractivity contribution in [1.29, 1.82) is 0 Å². The average molecular weight is 619 g/mol. The quantitative estimate of drug-likeness (QED) is 0.218. The molecule has 2 heterocycles. The van der Waals surface area contributed by atoms with Crippen LogP contribution in [0.25, 0.3) is 22.6 Å². The second-order valence-electron chi connectivity index (χ2n) is 8.16. The van der Waals surface area contributed by atoms with Gasteiger partial charge in [-0.3, -0.25) is 4.57 Å². The molecule has 12 heteroatoms. The highest BCUT2D eigenvalue weighted by molar-refractivity contribution is 9.10. The van der Waals surface area contributed by atoms with Gasteiger partial charge in [0.1, 0.15) is 0 Å². The first kappa shape index (κ1) is 26.1. The van der Waals surface area contributed by atoms with Crippen molar-refractivity contribution in [2.45, 2.75) is 18.0 Å². The zero-order valence-electron chi connectivity index (χ0n) is 19.6. The van der Waals surface area contributed by atoms with Gasteiger partial charge in [0.15, 0.2) is 5.69 Å². The van der Waals surface area contributed by atoms with Gasteiger partial charge in [-0.25, -0.2) is 4.68 Å². The number of nitrogens with zero attached hydrogens (tertiary/aromatic N) is 4. The highest BCUT2D eigenvalue weighted by atomic mass is 79.9. The van der Waals surface area contributed by atoms with Gasteiger partial charge in [-0.2, -0.15) is 26.7 Å². The molecule has 0 spiro atoms. The third-order valence-corrected chi connectivity index (χ3v) is 8.85. The summed E-state index contributed by atoms with van der Waals surface area (Å²) in [5, 5.41) is 5.50. The van der Waals surface area contributed by atoms with E-state index in [0.29, 0.717) is 0 Å². The van der Waals surface area contributed by atoms with E-state index < -0.39 is 21.9 Å². The Morgan fingerprint density at radius 1 is 0.895 bits per heavy atom. The van der Waals surface area contributed by atoms with Crippen molar-refractivity contribution in [3.05, 3.63) is 111 Å². The van der Waals surface area contributed by atoms with Crippen molar-refractivity contribution >= 4 is 37.3 Å². The Hall–Kier alpha value is -3.48. The lowest BCUT2D eigenvalue weighted by molar-refractivity contribution is -0.141. The molecule has 0 aliphatic rings. The van der Waals surface area contributed by atoms with Gasteiger partial charge in [-0.15, -0.1) is 15.7 Å². The molecule has 0 saturated carbocycles. The van der Waals surface area contributed by atoms with Gasteiger partial charge in [0.25, 0.3) is 10.0 Å². The molecule has 0 aliphatic heterocycles. The number of thiazole rings is 1. The monoisotopic (exact) mass is 618 g/mol. The predicted molar refractivity (Wildman–Crippen MR) is 143 cm³/mol. The van der Waals surface area contributed by atoms with E-state index in [2.05, 4.69) is 25.4 Å². The van der Waals surface area contributed by atoms with Gasteiger partial charge in [0.2, 0.25) is 4.80 Å². The SMILES string of the molecule is Cc1c(Br)c(C(F)(F)F)nn1-c1ccc(S(=O)(=O)/N=c2\scc(-c3ccccc3)n2-c2ccccc2)cc1. The largest absolute Gasteiger partial charge is 0.436 e. The molecule has 0 radical (unpaired) electrons. The molecule has 0 amide bonds. The summed E-state index contributed by atoms with van der Waals surface area (Å²) in [5.41, 5.74) is 1.88. The van der Waals surface area contributed by atoms with E-state index in [-0.39, 0.29) is 25.6 Å². The molecule has 0 aliphatic carbocycles. The van der Waals surface area contributed by atoms with E-state index >= 15 is 0 Å². The number of sulfonamides is 1. The molecular formula is C26H18BrF3N4O2S2. The van der Waals surface area contributed by atoms with Crippen molar-refractivity contribution < 1.29 is 21.6 Å². The van der Waals surface area contributed by atoms with Gasteiger partial charge in [-0.05, 0) is 64.8 Å². The fourth-order valence-electron chi connectivity index (χ4n) is 3.84. The maximum Gasteiger partial charge on any atom is 0.436 e. The fraction of sp³-hybridized carbons (Fsp3) is 0.0769. The summed E-state index contributed by atoms with van der Waals surface area (Å²) in [5.74, 6) is 0. The van der Waals surface area contributed by atoms with Crippen molar-refractivity contribution in [3.63, 3.8) is 0 Å². The summed E-state index contributed by atoms with van der Waals surface area (Å²) in [6, 6.07) is 24.2. The van der Waals surface area contributed by atoms with Crippen molar-refractivity contribution in [1.82, 2.24) is 14.3 Å². The minimum atomic E-state index is -4.63. The van der Waals surface area contributed by atoms with Gasteiger partial charge in [0, 0.05) is 11.1 Å². The molecule has 0 fully saturated rings. The smallest absolute Gasteiger partial charge is 0.284 e. The zero-order chi connectivity index (χ0) is 27.1. The topological polar surface area (TPSA) is 69.2 Å². The van der Waals surface area contributed by atoms with Crippen LogP contribution in [0.2, 0.25) is 0 Å². The summed E-state index contributed by atoms with van der Waals surface area (Å²) in [6.45, 7) is 1.48. The number of hydrogen-bond donors (Lipinski definition) is 0. The van der Waals surface area contributed by atoms with Crippen molar-refractivity contribution in [2.75, 3.05) is 0 Å². The summed E-state index contributed by atoms with van der Waals surface area (Å²) < 4.78 is 73.2. The molecular weight excluding hydrogens is 601 g/mol. The molecule has 6 nitrogen and oxygen atoms in total. The maximum atomic E-state index is 13.3. The van der Waals surface area contributed by atoms with E-state index in [1.54, 1.807) is 4.57 Å². The molecule has 0 bridgehead atoms. The second-order valence-corrected chi connectivity index (χ2v) is 11.4. The van der Waals surface area contributed by atoms with Gasteiger partial charge < -0.3 is 0 Å². The Labute approximate surface area is 228 Å². The average Bonchev–Trinajstić information content (AvgIpc) is 3.45. The Morgan fingerprint density at radius 2 is 1.50 bits per heavy atom. The normalized spacial score (nSPS) is 12.7. The number of halogens is 4. The molecule has 0 saturated heterocycles. The van der Waals surface area contributed by atoms with Crippen molar-refractivity contribution in [3.8, 4) is 22.6 Å². The Morgan fingerprint density at radius 3 is 2.08 bits per heavy atom. The molecule has 5 rings (SSSR count). The first-order valence-corrected chi connectivity index (χ1v) is 14.2. The highest BCUT2D eigenvalue weighted by Crippen LogP contribution is 2.36. The third-order valence-electron chi connectivity index (χ3n) is 5.68. The number of rotatable bonds is 5. The minimum absolute atomic E-state index is 0.101. The Bertz CT molecular complexity index is 1780. The first-order chi connectivity index (χ1) is 18.1. The number of aromatic nitrogens is 3. The van der Waals surface area contributed by atoms with E-state index in [1.807, 2.05) is 66.0 Å². The number of alkyl halides is 3. The molecule has 3 aromatic carbocycles. The molecule has 0 N–H and O–H groups in total. The summed E-state index contributed by atoms with van der Waals surface area (Å²) >= 11 is 4.13. The molecule has 0 atom stereocenters. The lowest BCUT2D eigenvalue weighted by atomic mass is 10.1. The lowest BCUT2D eigenvalue weighted by Crippen LogP contribution is -2.16. The number of hydrogen-bond acceptors (Lipinski definition) is 4. The van der Waals surface area contributed by atoms with Gasteiger partial charge >= 0.3 is 6.18 Å². The van der Waals surface area contributed by atoms with E-state index in [9.17, 15) is 21.6 Å². The molecule has 2 aromatic heterocycles. The molecule has 0 unspecified atom stereocenters. The summed E-state index contributed by atoms with van der Waals surface area (Å²) in [6.07, 6.45) is -4.63. The van der Waals surface area contributed by atoms with Crippen molar-refractivity contribution in [2.24, 2.45) is 4.40 Å². The van der Waals surface area contributed by atoms with Crippen LogP contribution in [0.15, 0.2) is 104 Å². The Balaban J connectivity index is 1.57. The standard InChI is InChI=1S/C26H18BrF3N4O2S2/c1-17-23(27)24(26(28,29)30)31-34(17)20-12-14-21(15-13-20)38(35,36)32-25-33(19-10-6-3-7-11-19)22(16-37-25)18-8-4-2-5-9-18/h2-16H,1H3/b32-25-. The van der Waals surface area contributed by atoms with Crippen LogP contribution in [0.1, 0.15) is 11.4 Å². The second kappa shape index (κ2) is 10.0. The summed E-state index contributed by atoms with van der Waals surface area (Å²) in [4.78, 5) is 0.149. The van der Waals surface area contributed by atoms with Crippen LogP contribution >= 0.6 is 27.3 Å². The van der Waals surface area contributed by atoms with E-state index in [4.69, 9.17) is 0 Å². The van der Waals surface area contributed by atoms with Crippen LogP contribution in [0.3, 0.4) is 0 Å². The molecule has 5 aromatic rings. The van der Waals surface area contributed by atoms with E-state index in [0.717, 1.165) is 21.6 Å². The van der Waals surface area contributed by atoms with Gasteiger partial charge in [0.05, 0.1) is 26.4 Å². The van der Waals surface area contributed by atoms with Crippen LogP contribution in [0, 0.1) is 6.92 Å². The highest BCUT2D eigenvalue weighted by Gasteiger charge is 2.38. The zero-order valence-corrected chi connectivity index (χ0v) is 22.8. The third kappa shape index (κ3) is 4.98. The molecule has 38 heavy (non-hydrogen) atoms. The van der Waals surface area contributed by atoms with E-state index in [1.165, 1.54) is 42.5 Å². The summed E-state index contributed by atoms with van der Waals surface area (Å²) in [7, 11) is -4.15. The van der Waals surface area contributed by atoms with Gasteiger partial charge in [-0.1, -0.05) is 48.5 Å². The maximum absolute atomic E-state index is 13.3. The minimum Gasteiger partial charge on any atom is -0.284 e. The Kier molecular flexibility index (Phi) is 6.88. The van der Waals surface area contributed by atoms with Crippen LogP contribution in [-0.4, -0.2) is 22.8 Å². The predicted octanol–water partition coefficient (Wildman–Crippen LogP) is 6.77. The van der Waals surface area contributed by atoms with Crippen LogP contribution in [0.4, 0.5) is 13.2 Å². The number of benzene rings is 3.